The van der Waals surface area contributed by atoms with Crippen molar-refractivity contribution < 1.29 is 5.11 Å². The first-order valence-corrected chi connectivity index (χ1v) is 8.16. The van der Waals surface area contributed by atoms with E-state index < -0.39 is 5.60 Å². The van der Waals surface area contributed by atoms with Crippen molar-refractivity contribution in [2.75, 3.05) is 0 Å². The van der Waals surface area contributed by atoms with Gasteiger partial charge in [-0.1, -0.05) is 56.0 Å². The second-order valence-electron chi connectivity index (χ2n) is 7.49. The van der Waals surface area contributed by atoms with Crippen LogP contribution in [0, 0.1) is 25.7 Å². The van der Waals surface area contributed by atoms with Crippen LogP contribution in [0.1, 0.15) is 62.6 Å². The van der Waals surface area contributed by atoms with E-state index in [-0.39, 0.29) is 0 Å². The van der Waals surface area contributed by atoms with Gasteiger partial charge in [0.05, 0.1) is 5.60 Å². The lowest BCUT2D eigenvalue weighted by molar-refractivity contribution is -0.0189. The Labute approximate surface area is 124 Å². The van der Waals surface area contributed by atoms with Gasteiger partial charge in [-0.3, -0.25) is 0 Å². The average molecular weight is 274 g/mol. The van der Waals surface area contributed by atoms with Gasteiger partial charge < -0.3 is 5.11 Å². The third-order valence-electron chi connectivity index (χ3n) is 4.54. The smallest absolute Gasteiger partial charge is 0.0690 e. The van der Waals surface area contributed by atoms with Crippen LogP contribution in [0.15, 0.2) is 18.2 Å². The number of benzene rings is 1. The van der Waals surface area contributed by atoms with Crippen molar-refractivity contribution in [1.82, 2.24) is 0 Å². The second-order valence-corrected chi connectivity index (χ2v) is 7.49. The molecule has 1 aliphatic rings. The summed E-state index contributed by atoms with van der Waals surface area (Å²) >= 11 is 0. The van der Waals surface area contributed by atoms with Gasteiger partial charge in [0, 0.05) is 6.42 Å². The van der Waals surface area contributed by atoms with Crippen LogP contribution in [0.25, 0.3) is 0 Å². The monoisotopic (exact) mass is 274 g/mol. The Bertz CT molecular complexity index is 429. The first-order chi connectivity index (χ1) is 9.36. The van der Waals surface area contributed by atoms with Crippen LogP contribution in [0.3, 0.4) is 0 Å². The Balaban J connectivity index is 2.06. The number of hydrogen-bond acceptors (Lipinski definition) is 1. The van der Waals surface area contributed by atoms with E-state index in [1.165, 1.54) is 36.0 Å². The van der Waals surface area contributed by atoms with E-state index in [2.05, 4.69) is 45.9 Å². The number of aryl methyl sites for hydroxylation is 2. The normalized spacial score (nSPS) is 27.0. The molecule has 2 rings (SSSR count). The summed E-state index contributed by atoms with van der Waals surface area (Å²) in [6.45, 7) is 8.86. The van der Waals surface area contributed by atoms with E-state index in [1.807, 2.05) is 0 Å². The van der Waals surface area contributed by atoms with E-state index in [4.69, 9.17) is 0 Å². The molecule has 1 N–H and O–H groups in total. The maximum absolute atomic E-state index is 11.0. The van der Waals surface area contributed by atoms with Gasteiger partial charge in [0.1, 0.15) is 0 Å². The maximum Gasteiger partial charge on any atom is 0.0690 e. The molecule has 1 aromatic rings. The SMILES string of the molecule is Cc1cc(C)cc(CC2(O)CCCC(CC(C)C)C2)c1. The molecule has 2 unspecified atom stereocenters. The minimum absolute atomic E-state index is 0.474. The van der Waals surface area contributed by atoms with Crippen molar-refractivity contribution in [2.45, 2.75) is 71.8 Å². The van der Waals surface area contributed by atoms with Gasteiger partial charge in [-0.25, -0.2) is 0 Å². The molecule has 20 heavy (non-hydrogen) atoms. The summed E-state index contributed by atoms with van der Waals surface area (Å²) in [4.78, 5) is 0. The molecule has 1 fully saturated rings. The topological polar surface area (TPSA) is 20.2 Å². The van der Waals surface area contributed by atoms with E-state index in [9.17, 15) is 5.11 Å². The van der Waals surface area contributed by atoms with Gasteiger partial charge in [-0.2, -0.15) is 0 Å². The average Bonchev–Trinajstić information content (AvgIpc) is 2.25. The van der Waals surface area contributed by atoms with Crippen molar-refractivity contribution in [3.63, 3.8) is 0 Å². The highest BCUT2D eigenvalue weighted by molar-refractivity contribution is 5.29. The fraction of sp³-hybridized carbons (Fsp3) is 0.684. The van der Waals surface area contributed by atoms with Crippen molar-refractivity contribution in [2.24, 2.45) is 11.8 Å². The zero-order valence-corrected chi connectivity index (χ0v) is 13.6. The molecule has 0 aliphatic heterocycles. The lowest BCUT2D eigenvalue weighted by atomic mass is 9.72. The third kappa shape index (κ3) is 4.34. The first-order valence-electron chi connectivity index (χ1n) is 8.16. The van der Waals surface area contributed by atoms with Crippen LogP contribution in [-0.2, 0) is 6.42 Å². The van der Waals surface area contributed by atoms with Crippen molar-refractivity contribution >= 4 is 0 Å². The molecular formula is C19H30O. The van der Waals surface area contributed by atoms with E-state index in [0.29, 0.717) is 5.92 Å². The first kappa shape index (κ1) is 15.6. The Kier molecular flexibility index (Phi) is 4.90. The van der Waals surface area contributed by atoms with Gasteiger partial charge in [-0.05, 0) is 50.5 Å². The van der Waals surface area contributed by atoms with E-state index >= 15 is 0 Å². The number of aliphatic hydroxyl groups is 1. The Hall–Kier alpha value is -0.820. The largest absolute Gasteiger partial charge is 0.390 e. The lowest BCUT2D eigenvalue weighted by Gasteiger charge is -2.38. The zero-order chi connectivity index (χ0) is 14.8. The standard InChI is InChI=1S/C19H30O/c1-14(2)8-17-6-5-7-19(20,12-17)13-18-10-15(3)9-16(4)11-18/h9-11,14,17,20H,5-8,12-13H2,1-4H3. The minimum Gasteiger partial charge on any atom is -0.390 e. The molecule has 0 spiro atoms. The summed E-state index contributed by atoms with van der Waals surface area (Å²) in [6.07, 6.45) is 6.51. The van der Waals surface area contributed by atoms with Crippen molar-refractivity contribution in [3.8, 4) is 0 Å². The van der Waals surface area contributed by atoms with Crippen LogP contribution in [0.2, 0.25) is 0 Å². The summed E-state index contributed by atoms with van der Waals surface area (Å²) in [5.41, 5.74) is 3.43. The van der Waals surface area contributed by atoms with Crippen LogP contribution < -0.4 is 0 Å². The molecule has 2 atom stereocenters. The summed E-state index contributed by atoms with van der Waals surface area (Å²) in [5, 5.41) is 11.0. The molecule has 0 saturated heterocycles. The maximum atomic E-state index is 11.0. The Morgan fingerprint density at radius 2 is 1.85 bits per heavy atom. The highest BCUT2D eigenvalue weighted by atomic mass is 16.3. The second kappa shape index (κ2) is 6.30. The van der Waals surface area contributed by atoms with Crippen LogP contribution in [0.4, 0.5) is 0 Å². The number of hydrogen-bond donors (Lipinski definition) is 1. The fourth-order valence-electron chi connectivity index (χ4n) is 4.04. The fourth-order valence-corrected chi connectivity index (χ4v) is 4.04. The molecule has 0 heterocycles. The van der Waals surface area contributed by atoms with Gasteiger partial charge in [0.15, 0.2) is 0 Å². The zero-order valence-electron chi connectivity index (χ0n) is 13.6. The molecule has 112 valence electrons. The molecule has 1 heteroatoms. The van der Waals surface area contributed by atoms with Gasteiger partial charge in [0.25, 0.3) is 0 Å². The Morgan fingerprint density at radius 3 is 2.45 bits per heavy atom. The van der Waals surface area contributed by atoms with Gasteiger partial charge in [-0.15, -0.1) is 0 Å². The van der Waals surface area contributed by atoms with Crippen LogP contribution in [-0.4, -0.2) is 10.7 Å². The molecule has 0 bridgehead atoms. The lowest BCUT2D eigenvalue weighted by Crippen LogP contribution is -2.37. The predicted molar refractivity (Wildman–Crippen MR) is 86.0 cm³/mol. The molecule has 1 aromatic carbocycles. The third-order valence-corrected chi connectivity index (χ3v) is 4.54. The minimum atomic E-state index is -0.474. The van der Waals surface area contributed by atoms with Crippen LogP contribution >= 0.6 is 0 Å². The number of rotatable bonds is 4. The highest BCUT2D eigenvalue weighted by Gasteiger charge is 2.34. The summed E-state index contributed by atoms with van der Waals surface area (Å²) < 4.78 is 0. The summed E-state index contributed by atoms with van der Waals surface area (Å²) in [5.74, 6) is 1.45. The Morgan fingerprint density at radius 1 is 1.20 bits per heavy atom. The molecule has 0 amide bonds. The predicted octanol–water partition coefficient (Wildman–Crippen LogP) is 4.81. The molecule has 0 radical (unpaired) electrons. The molecule has 1 aliphatic carbocycles. The van der Waals surface area contributed by atoms with Gasteiger partial charge >= 0.3 is 0 Å². The summed E-state index contributed by atoms with van der Waals surface area (Å²) in [6, 6.07) is 6.67. The van der Waals surface area contributed by atoms with Gasteiger partial charge in [0.2, 0.25) is 0 Å². The molecule has 1 saturated carbocycles. The van der Waals surface area contributed by atoms with Crippen LogP contribution in [0.5, 0.6) is 0 Å². The van der Waals surface area contributed by atoms with Crippen molar-refractivity contribution in [1.29, 1.82) is 0 Å². The van der Waals surface area contributed by atoms with E-state index in [0.717, 1.165) is 25.2 Å². The molecule has 0 aromatic heterocycles. The van der Waals surface area contributed by atoms with E-state index in [1.54, 1.807) is 0 Å². The quantitative estimate of drug-likeness (QED) is 0.835. The molecular weight excluding hydrogens is 244 g/mol. The molecule has 1 nitrogen and oxygen atoms in total. The summed E-state index contributed by atoms with van der Waals surface area (Å²) in [7, 11) is 0. The van der Waals surface area contributed by atoms with Crippen molar-refractivity contribution in [3.05, 3.63) is 34.9 Å². The highest BCUT2D eigenvalue weighted by Crippen LogP contribution is 2.37.